The summed E-state index contributed by atoms with van der Waals surface area (Å²) in [5.74, 6) is 1.66. The largest absolute Gasteiger partial charge is 0.327 e. The highest BCUT2D eigenvalue weighted by Crippen LogP contribution is 2.43. The second-order valence-corrected chi connectivity index (χ2v) is 4.56. The van der Waals surface area contributed by atoms with E-state index in [0.717, 1.165) is 24.8 Å². The number of piperidine rings is 1. The maximum Gasteiger partial charge on any atom is 0.0190 e. The van der Waals surface area contributed by atoms with Crippen molar-refractivity contribution < 1.29 is 0 Å². The van der Waals surface area contributed by atoms with E-state index in [-0.39, 0.29) is 0 Å². The normalized spacial score (nSPS) is 39.3. The molecule has 1 aliphatic carbocycles. The lowest BCUT2D eigenvalue weighted by molar-refractivity contribution is 0.322. The van der Waals surface area contributed by atoms with E-state index in [0.29, 0.717) is 6.04 Å². The Morgan fingerprint density at radius 3 is 2.62 bits per heavy atom. The number of nitrogens with zero attached hydrogens (tertiary/aromatic N) is 1. The van der Waals surface area contributed by atoms with Gasteiger partial charge < -0.3 is 5.73 Å². The van der Waals surface area contributed by atoms with Gasteiger partial charge in [-0.3, -0.25) is 4.90 Å². The maximum absolute atomic E-state index is 5.88. The topological polar surface area (TPSA) is 29.3 Å². The molecule has 2 aliphatic rings. The van der Waals surface area contributed by atoms with Gasteiger partial charge in [-0.15, -0.1) is 0 Å². The fourth-order valence-electron chi connectivity index (χ4n) is 2.55. The number of hydrogen-bond acceptors (Lipinski definition) is 2. The summed E-state index contributed by atoms with van der Waals surface area (Å²) >= 11 is 0. The van der Waals surface area contributed by atoms with Crippen LogP contribution in [0.2, 0.25) is 0 Å². The van der Waals surface area contributed by atoms with Gasteiger partial charge in [0.05, 0.1) is 0 Å². The third kappa shape index (κ3) is 1.79. The predicted molar refractivity (Wildman–Crippen MR) is 55.4 cm³/mol. The maximum atomic E-state index is 5.88. The van der Waals surface area contributed by atoms with Crippen molar-refractivity contribution in [3.8, 4) is 0 Å². The minimum Gasteiger partial charge on any atom is -0.327 e. The van der Waals surface area contributed by atoms with Crippen LogP contribution in [0.1, 0.15) is 20.3 Å². The molecule has 0 radical (unpaired) electrons. The van der Waals surface area contributed by atoms with Crippen LogP contribution in [0.5, 0.6) is 0 Å². The third-order valence-electron chi connectivity index (χ3n) is 3.36. The molecule has 2 N–H and O–H groups in total. The summed E-state index contributed by atoms with van der Waals surface area (Å²) in [6.45, 7) is 8.06. The smallest absolute Gasteiger partial charge is 0.0190 e. The molecule has 0 aromatic heterocycles. The van der Waals surface area contributed by atoms with Crippen molar-refractivity contribution in [2.75, 3.05) is 19.6 Å². The monoisotopic (exact) mass is 180 g/mol. The van der Waals surface area contributed by atoms with Crippen molar-refractivity contribution in [2.45, 2.75) is 26.3 Å². The molecule has 2 nitrogen and oxygen atoms in total. The van der Waals surface area contributed by atoms with Gasteiger partial charge in [0.15, 0.2) is 0 Å². The zero-order valence-electron chi connectivity index (χ0n) is 8.66. The molecule has 0 aromatic carbocycles. The summed E-state index contributed by atoms with van der Waals surface area (Å²) in [4.78, 5) is 2.54. The van der Waals surface area contributed by atoms with E-state index >= 15 is 0 Å². The first-order chi connectivity index (χ1) is 6.22. The van der Waals surface area contributed by atoms with Gasteiger partial charge in [-0.25, -0.2) is 0 Å². The summed E-state index contributed by atoms with van der Waals surface area (Å²) in [6, 6.07) is 0.534. The molecule has 2 fully saturated rings. The number of fused-ring (bicyclic) bond motifs is 1. The molecule has 2 unspecified atom stereocenters. The molecule has 13 heavy (non-hydrogen) atoms. The molecular weight excluding hydrogens is 160 g/mol. The molecule has 0 bridgehead atoms. The highest BCUT2D eigenvalue weighted by molar-refractivity contribution is 5.11. The molecule has 2 rings (SSSR count). The fourth-order valence-corrected chi connectivity index (χ4v) is 2.55. The molecule has 0 amide bonds. The molecule has 1 heterocycles. The minimum absolute atomic E-state index is 0.534. The Morgan fingerprint density at radius 2 is 2.08 bits per heavy atom. The predicted octanol–water partition coefficient (Wildman–Crippen LogP) is 1.23. The molecule has 2 heteroatoms. The molecule has 0 aromatic rings. The van der Waals surface area contributed by atoms with Gasteiger partial charge in [-0.05, 0) is 25.2 Å². The zero-order chi connectivity index (χ0) is 9.42. The molecule has 1 aliphatic heterocycles. The number of hydrogen-bond donors (Lipinski definition) is 1. The van der Waals surface area contributed by atoms with Crippen LogP contribution in [0, 0.1) is 11.8 Å². The first-order valence-corrected chi connectivity index (χ1v) is 5.36. The molecule has 1 saturated carbocycles. The van der Waals surface area contributed by atoms with Crippen LogP contribution in [0.25, 0.3) is 0 Å². The van der Waals surface area contributed by atoms with E-state index in [1.165, 1.54) is 18.7 Å². The number of rotatable bonds is 3. The third-order valence-corrected chi connectivity index (χ3v) is 3.36. The highest BCUT2D eigenvalue weighted by atomic mass is 15.2. The summed E-state index contributed by atoms with van der Waals surface area (Å²) in [6.07, 6.45) is 3.48. The second kappa shape index (κ2) is 3.43. The fraction of sp³-hybridized carbons (Fsp3) is 0.818. The average Bonchev–Trinajstić information content (AvgIpc) is 2.55. The van der Waals surface area contributed by atoms with Crippen molar-refractivity contribution in [1.82, 2.24) is 4.90 Å². The number of allylic oxidation sites excluding steroid dienone is 1. The lowest BCUT2D eigenvalue weighted by Crippen LogP contribution is -2.29. The average molecular weight is 180 g/mol. The van der Waals surface area contributed by atoms with Gasteiger partial charge in [0.25, 0.3) is 0 Å². The summed E-state index contributed by atoms with van der Waals surface area (Å²) in [7, 11) is 0. The molecule has 2 atom stereocenters. The Kier molecular flexibility index (Phi) is 2.43. The van der Waals surface area contributed by atoms with E-state index in [4.69, 9.17) is 5.73 Å². The number of nitrogens with two attached hydrogens (primary N) is 1. The van der Waals surface area contributed by atoms with Gasteiger partial charge in [0.1, 0.15) is 0 Å². The summed E-state index contributed by atoms with van der Waals surface area (Å²) in [5, 5.41) is 0. The van der Waals surface area contributed by atoms with Crippen LogP contribution in [-0.2, 0) is 0 Å². The van der Waals surface area contributed by atoms with Gasteiger partial charge in [-0.1, -0.05) is 18.6 Å². The Hall–Kier alpha value is -0.340. The minimum atomic E-state index is 0.534. The van der Waals surface area contributed by atoms with Crippen molar-refractivity contribution in [3.05, 3.63) is 11.6 Å². The van der Waals surface area contributed by atoms with Crippen molar-refractivity contribution >= 4 is 0 Å². The number of likely N-dealkylation sites (tertiary alicyclic amines) is 1. The molecule has 1 saturated heterocycles. The van der Waals surface area contributed by atoms with Crippen LogP contribution in [0.3, 0.4) is 0 Å². The van der Waals surface area contributed by atoms with Crippen LogP contribution < -0.4 is 5.73 Å². The molecule has 74 valence electrons. The van der Waals surface area contributed by atoms with Gasteiger partial charge in [0.2, 0.25) is 0 Å². The van der Waals surface area contributed by atoms with E-state index < -0.39 is 0 Å². The van der Waals surface area contributed by atoms with Gasteiger partial charge >= 0.3 is 0 Å². The Labute approximate surface area is 80.8 Å². The Bertz CT molecular complexity index is 210. The SMILES string of the molecule is CC/C=C(/C)CN1CC2C(N)C2C1. The Morgan fingerprint density at radius 1 is 1.46 bits per heavy atom. The molecular formula is C11H20N2. The summed E-state index contributed by atoms with van der Waals surface area (Å²) in [5.41, 5.74) is 7.39. The summed E-state index contributed by atoms with van der Waals surface area (Å²) < 4.78 is 0. The van der Waals surface area contributed by atoms with E-state index in [1.807, 2.05) is 0 Å². The van der Waals surface area contributed by atoms with Crippen molar-refractivity contribution in [2.24, 2.45) is 17.6 Å². The van der Waals surface area contributed by atoms with E-state index in [2.05, 4.69) is 24.8 Å². The van der Waals surface area contributed by atoms with Crippen molar-refractivity contribution in [1.29, 1.82) is 0 Å². The quantitative estimate of drug-likeness (QED) is 0.662. The first-order valence-electron chi connectivity index (χ1n) is 5.36. The standard InChI is InChI=1S/C11H20N2/c1-3-4-8(2)5-13-6-9-10(7-13)11(9)12/h4,9-11H,3,5-7,12H2,1-2H3/b8-4-. The lowest BCUT2D eigenvalue weighted by atomic mass is 10.2. The first kappa shape index (κ1) is 9.22. The van der Waals surface area contributed by atoms with Crippen LogP contribution in [0.4, 0.5) is 0 Å². The van der Waals surface area contributed by atoms with Gasteiger partial charge in [0, 0.05) is 25.7 Å². The van der Waals surface area contributed by atoms with E-state index in [1.54, 1.807) is 0 Å². The second-order valence-electron chi connectivity index (χ2n) is 4.56. The zero-order valence-corrected chi connectivity index (χ0v) is 8.66. The van der Waals surface area contributed by atoms with Crippen LogP contribution in [0.15, 0.2) is 11.6 Å². The van der Waals surface area contributed by atoms with E-state index in [9.17, 15) is 0 Å². The highest BCUT2D eigenvalue weighted by Gasteiger charge is 2.53. The molecule has 0 spiro atoms. The van der Waals surface area contributed by atoms with Crippen molar-refractivity contribution in [3.63, 3.8) is 0 Å². The Balaban J connectivity index is 1.77. The van der Waals surface area contributed by atoms with Crippen LogP contribution in [-0.4, -0.2) is 30.6 Å². The van der Waals surface area contributed by atoms with Gasteiger partial charge in [-0.2, -0.15) is 0 Å². The lowest BCUT2D eigenvalue weighted by Gasteiger charge is -2.18. The van der Waals surface area contributed by atoms with Crippen LogP contribution >= 0.6 is 0 Å².